The van der Waals surface area contributed by atoms with Crippen LogP contribution in [-0.4, -0.2) is 25.7 Å². The Morgan fingerprint density at radius 3 is 0.900 bits per heavy atom. The van der Waals surface area contributed by atoms with Crippen molar-refractivity contribution in [1.29, 1.82) is 0 Å². The maximum atomic E-state index is 2.28. The Morgan fingerprint density at radius 2 is 0.650 bits per heavy atom. The third-order valence-electron chi connectivity index (χ3n) is 3.04. The first-order valence-electron chi connectivity index (χ1n) is 6.40. The van der Waals surface area contributed by atoms with Crippen molar-refractivity contribution in [3.8, 4) is 0 Å². The second-order valence-corrected chi connectivity index (χ2v) is 10.7. The zero-order valence-corrected chi connectivity index (χ0v) is 13.6. The summed E-state index contributed by atoms with van der Waals surface area (Å²) in [4.78, 5) is 0. The van der Waals surface area contributed by atoms with E-state index in [1.165, 1.54) is 10.5 Å². The van der Waals surface area contributed by atoms with Gasteiger partial charge in [0, 0.05) is 0 Å². The molecule has 1 N–H and O–H groups in total. The van der Waals surface area contributed by atoms with Gasteiger partial charge < -0.3 is 5.48 Å². The van der Waals surface area contributed by atoms with Crippen LogP contribution in [0.1, 0.15) is 0 Å². The van der Waals surface area contributed by atoms with Gasteiger partial charge in [0.15, 0.2) is 0 Å². The Kier molecular flexibility index (Phi) is 5.40. The van der Waals surface area contributed by atoms with E-state index in [1.54, 1.807) is 0 Å². The van der Waals surface area contributed by atoms with E-state index >= 15 is 0 Å². The topological polar surface area (TPSA) is 30.0 Å². The molecule has 3 rings (SSSR count). The monoisotopic (exact) mass is 369 g/mol. The Labute approximate surface area is 127 Å². The standard InChI is InChI=1S/3C6H5.H2O.Sb/c3*1-2-4-6-5-3-1;;/h3*1-5H;1H2;/q;;;;+1/p-1. The Bertz CT molecular complexity index is 529. The molecule has 0 atom stereocenters. The van der Waals surface area contributed by atoms with E-state index in [2.05, 4.69) is 91.0 Å². The Morgan fingerprint density at radius 1 is 0.400 bits per heavy atom. The van der Waals surface area contributed by atoms with Gasteiger partial charge in [-0.1, -0.05) is 0 Å². The van der Waals surface area contributed by atoms with E-state index in [0.29, 0.717) is 0 Å². The number of hydrogen-bond donors (Lipinski definition) is 0. The average molecular weight is 370 g/mol. The van der Waals surface area contributed by atoms with Crippen LogP contribution in [0.25, 0.3) is 0 Å². The van der Waals surface area contributed by atoms with Crippen LogP contribution in [-0.2, 0) is 0 Å². The Balaban J connectivity index is 0.00000147. The van der Waals surface area contributed by atoms with E-state index in [1.807, 2.05) is 0 Å². The fraction of sp³-hybridized carbons (Fsp3) is 0. The number of hydrogen-bond acceptors (Lipinski definition) is 1. The summed E-state index contributed by atoms with van der Waals surface area (Å²) in [5.74, 6) is 0. The first-order valence-corrected chi connectivity index (χ1v) is 10.2. The van der Waals surface area contributed by atoms with Crippen LogP contribution in [0.4, 0.5) is 0 Å². The van der Waals surface area contributed by atoms with Crippen LogP contribution in [0.5, 0.6) is 0 Å². The first-order chi connectivity index (χ1) is 9.45. The van der Waals surface area contributed by atoms with Gasteiger partial charge in [0.25, 0.3) is 0 Å². The van der Waals surface area contributed by atoms with Crippen molar-refractivity contribution in [3.63, 3.8) is 0 Å². The zero-order chi connectivity index (χ0) is 12.9. The van der Waals surface area contributed by atoms with E-state index in [0.717, 1.165) is 0 Å². The van der Waals surface area contributed by atoms with Crippen molar-refractivity contribution in [2.45, 2.75) is 0 Å². The average Bonchev–Trinajstić information content (AvgIpc) is 2.51. The van der Waals surface area contributed by atoms with Gasteiger partial charge in [-0.15, -0.1) is 0 Å². The fourth-order valence-electron chi connectivity index (χ4n) is 2.18. The van der Waals surface area contributed by atoms with Gasteiger partial charge in [0.05, 0.1) is 0 Å². The van der Waals surface area contributed by atoms with Crippen LogP contribution in [0, 0.1) is 0 Å². The molecule has 20 heavy (non-hydrogen) atoms. The van der Waals surface area contributed by atoms with Gasteiger partial charge in [0.2, 0.25) is 0 Å². The van der Waals surface area contributed by atoms with E-state index in [-0.39, 0.29) is 5.48 Å². The quantitative estimate of drug-likeness (QED) is 0.649. The molecule has 0 aliphatic rings. The minimum absolute atomic E-state index is 0. The van der Waals surface area contributed by atoms with Gasteiger partial charge in [0.1, 0.15) is 0 Å². The molecule has 0 fully saturated rings. The van der Waals surface area contributed by atoms with Crippen molar-refractivity contribution in [2.24, 2.45) is 0 Å². The molecule has 99 valence electrons. The fourth-order valence-corrected chi connectivity index (χ4v) is 8.76. The summed E-state index contributed by atoms with van der Waals surface area (Å²) in [6.45, 7) is 0. The summed E-state index contributed by atoms with van der Waals surface area (Å²) < 4.78 is 4.55. The summed E-state index contributed by atoms with van der Waals surface area (Å²) >= 11 is -1.83. The van der Waals surface area contributed by atoms with Crippen LogP contribution >= 0.6 is 0 Å². The normalized spacial score (nSPS) is 10.1. The summed E-state index contributed by atoms with van der Waals surface area (Å²) in [7, 11) is 0. The molecule has 0 unspecified atom stereocenters. The van der Waals surface area contributed by atoms with Crippen molar-refractivity contribution in [1.82, 2.24) is 0 Å². The molecule has 1 radical (unpaired) electrons. The summed E-state index contributed by atoms with van der Waals surface area (Å²) in [5.41, 5.74) is 0. The summed E-state index contributed by atoms with van der Waals surface area (Å²) in [6.07, 6.45) is 0. The molecule has 2 heteroatoms. The van der Waals surface area contributed by atoms with Gasteiger partial charge >= 0.3 is 122 Å². The molecule has 0 amide bonds. The van der Waals surface area contributed by atoms with Crippen molar-refractivity contribution in [3.05, 3.63) is 91.0 Å². The van der Waals surface area contributed by atoms with Gasteiger partial charge in [-0.05, 0) is 0 Å². The zero-order valence-electron chi connectivity index (χ0n) is 11.1. The van der Waals surface area contributed by atoms with Crippen molar-refractivity contribution in [2.75, 3.05) is 0 Å². The molecule has 3 aromatic rings. The molecule has 3 aromatic carbocycles. The van der Waals surface area contributed by atoms with Gasteiger partial charge in [-0.2, -0.15) is 0 Å². The first kappa shape index (κ1) is 14.8. The predicted octanol–water partition coefficient (Wildman–Crippen LogP) is 2.03. The molecule has 0 aliphatic heterocycles. The van der Waals surface area contributed by atoms with E-state index in [4.69, 9.17) is 0 Å². The molecular formula is C18H16OSb. The van der Waals surface area contributed by atoms with Crippen LogP contribution in [0.3, 0.4) is 0 Å². The summed E-state index contributed by atoms with van der Waals surface area (Å²) in [5, 5.41) is 0. The van der Waals surface area contributed by atoms with Gasteiger partial charge in [-0.3, -0.25) is 0 Å². The summed E-state index contributed by atoms with van der Waals surface area (Å²) in [6, 6.07) is 32.9. The molecular weight excluding hydrogens is 354 g/mol. The van der Waals surface area contributed by atoms with Gasteiger partial charge in [-0.25, -0.2) is 0 Å². The molecule has 0 aliphatic carbocycles. The van der Waals surface area contributed by atoms with E-state index in [9.17, 15) is 0 Å². The van der Waals surface area contributed by atoms with Crippen molar-refractivity contribution < 1.29 is 5.48 Å². The molecule has 0 bridgehead atoms. The van der Waals surface area contributed by atoms with Crippen molar-refractivity contribution >= 4 is 30.7 Å². The Hall–Kier alpha value is -1.56. The van der Waals surface area contributed by atoms with Crippen LogP contribution < -0.4 is 10.5 Å². The second-order valence-electron chi connectivity index (χ2n) is 4.34. The van der Waals surface area contributed by atoms with E-state index < -0.39 is 20.2 Å². The predicted molar refractivity (Wildman–Crippen MR) is 85.9 cm³/mol. The molecule has 0 spiro atoms. The van der Waals surface area contributed by atoms with Crippen LogP contribution in [0.15, 0.2) is 91.0 Å². The SMILES string of the molecule is [OH-].c1cc[c]([Sb+]([c]2ccccc2)[c]2ccccc2)cc1. The third-order valence-corrected chi connectivity index (χ3v) is 10.0. The molecule has 0 saturated carbocycles. The molecule has 0 aromatic heterocycles. The van der Waals surface area contributed by atoms with Crippen LogP contribution in [0.2, 0.25) is 0 Å². The number of benzene rings is 3. The molecule has 0 heterocycles. The second kappa shape index (κ2) is 7.28. The molecule has 1 nitrogen and oxygen atoms in total. The third kappa shape index (κ3) is 3.30. The minimum atomic E-state index is -1.83. The molecule has 0 saturated heterocycles. The number of rotatable bonds is 3. The maximum absolute atomic E-state index is 2.28.